The fourth-order valence-electron chi connectivity index (χ4n) is 3.89. The van der Waals surface area contributed by atoms with E-state index in [1.807, 2.05) is 0 Å². The van der Waals surface area contributed by atoms with Crippen LogP contribution in [-0.4, -0.2) is 36.6 Å². The highest BCUT2D eigenvalue weighted by atomic mass is 15.2. The topological polar surface area (TPSA) is 15.3 Å². The van der Waals surface area contributed by atoms with E-state index in [4.69, 9.17) is 0 Å². The van der Waals surface area contributed by atoms with Gasteiger partial charge >= 0.3 is 0 Å². The highest BCUT2D eigenvalue weighted by molar-refractivity contribution is 4.88. The first-order valence-electron chi connectivity index (χ1n) is 9.11. The minimum atomic E-state index is 0.708. The van der Waals surface area contributed by atoms with Crippen molar-refractivity contribution >= 4 is 0 Å². The molecular formula is C18H36N2. The van der Waals surface area contributed by atoms with Gasteiger partial charge in [0.1, 0.15) is 0 Å². The van der Waals surface area contributed by atoms with E-state index in [0.717, 1.165) is 30.3 Å². The van der Waals surface area contributed by atoms with Crippen LogP contribution in [-0.2, 0) is 0 Å². The van der Waals surface area contributed by atoms with Gasteiger partial charge in [-0.25, -0.2) is 0 Å². The van der Waals surface area contributed by atoms with E-state index < -0.39 is 0 Å². The van der Waals surface area contributed by atoms with Crippen LogP contribution >= 0.6 is 0 Å². The van der Waals surface area contributed by atoms with Gasteiger partial charge in [0.25, 0.3) is 0 Å². The lowest BCUT2D eigenvalue weighted by Crippen LogP contribution is -2.47. The molecule has 0 bridgehead atoms. The highest BCUT2D eigenvalue weighted by Crippen LogP contribution is 2.34. The second-order valence-electron chi connectivity index (χ2n) is 7.50. The van der Waals surface area contributed by atoms with Crippen LogP contribution in [0.1, 0.15) is 66.2 Å². The van der Waals surface area contributed by atoms with Gasteiger partial charge in [0, 0.05) is 25.2 Å². The predicted molar refractivity (Wildman–Crippen MR) is 88.0 cm³/mol. The summed E-state index contributed by atoms with van der Waals surface area (Å²) in [6, 6.07) is 1.48. The Hall–Kier alpha value is -0.0800. The average Bonchev–Trinajstić information content (AvgIpc) is 3.24. The van der Waals surface area contributed by atoms with E-state index in [9.17, 15) is 0 Å². The maximum Gasteiger partial charge on any atom is 0.0108 e. The highest BCUT2D eigenvalue weighted by Gasteiger charge is 2.33. The number of hydrogen-bond acceptors (Lipinski definition) is 2. The first-order chi connectivity index (χ1) is 9.63. The Labute approximate surface area is 126 Å². The third-order valence-corrected chi connectivity index (χ3v) is 5.52. The van der Waals surface area contributed by atoms with Crippen LogP contribution < -0.4 is 5.32 Å². The minimum Gasteiger partial charge on any atom is -0.314 e. The second kappa shape index (κ2) is 7.79. The lowest BCUT2D eigenvalue weighted by molar-refractivity contribution is 0.115. The van der Waals surface area contributed by atoms with Gasteiger partial charge in [-0.2, -0.15) is 0 Å². The zero-order chi connectivity index (χ0) is 14.5. The summed E-state index contributed by atoms with van der Waals surface area (Å²) in [6.07, 6.45) is 8.60. The molecule has 0 amide bonds. The minimum absolute atomic E-state index is 0.708. The van der Waals surface area contributed by atoms with Gasteiger partial charge in [0.2, 0.25) is 0 Å². The number of nitrogens with one attached hydrogen (secondary N) is 1. The van der Waals surface area contributed by atoms with Crippen LogP contribution in [0, 0.1) is 17.8 Å². The summed E-state index contributed by atoms with van der Waals surface area (Å²) in [5, 5.41) is 3.77. The maximum atomic E-state index is 3.77. The van der Waals surface area contributed by atoms with Gasteiger partial charge < -0.3 is 10.2 Å². The Bertz CT molecular complexity index is 273. The first-order valence-corrected chi connectivity index (χ1v) is 9.11. The number of rotatable bonds is 8. The Balaban J connectivity index is 1.92. The molecule has 2 aliphatic rings. The van der Waals surface area contributed by atoms with Crippen molar-refractivity contribution in [2.75, 3.05) is 19.6 Å². The second-order valence-corrected chi connectivity index (χ2v) is 7.50. The molecule has 0 heterocycles. The van der Waals surface area contributed by atoms with Crippen molar-refractivity contribution < 1.29 is 0 Å². The van der Waals surface area contributed by atoms with Crippen LogP contribution in [0.25, 0.3) is 0 Å². The van der Waals surface area contributed by atoms with Gasteiger partial charge in [-0.1, -0.05) is 20.3 Å². The monoisotopic (exact) mass is 280 g/mol. The fraction of sp³-hybridized carbons (Fsp3) is 1.00. The van der Waals surface area contributed by atoms with Crippen LogP contribution in [0.4, 0.5) is 0 Å². The Kier molecular flexibility index (Phi) is 6.35. The molecule has 3 unspecified atom stereocenters. The van der Waals surface area contributed by atoms with Crippen LogP contribution in [0.2, 0.25) is 0 Å². The van der Waals surface area contributed by atoms with Crippen molar-refractivity contribution in [1.29, 1.82) is 0 Å². The molecule has 0 radical (unpaired) electrons. The molecule has 0 aromatic heterocycles. The molecule has 2 aliphatic carbocycles. The molecule has 2 fully saturated rings. The standard InChI is InChI=1S/C18H36N2/c1-5-15-9-10-18(19-6-2)17(11-15)13-20(14(3)4)12-16-7-8-16/h14-19H,5-13H2,1-4H3. The van der Waals surface area contributed by atoms with Crippen LogP contribution in [0.5, 0.6) is 0 Å². The summed E-state index contributed by atoms with van der Waals surface area (Å²) in [4.78, 5) is 2.77. The zero-order valence-corrected chi connectivity index (χ0v) is 14.2. The molecule has 0 aliphatic heterocycles. The molecule has 0 saturated heterocycles. The molecule has 0 aromatic rings. The van der Waals surface area contributed by atoms with E-state index in [2.05, 4.69) is 37.9 Å². The van der Waals surface area contributed by atoms with Crippen molar-refractivity contribution in [3.8, 4) is 0 Å². The molecule has 20 heavy (non-hydrogen) atoms. The van der Waals surface area contributed by atoms with Crippen molar-refractivity contribution in [2.24, 2.45) is 17.8 Å². The average molecular weight is 280 g/mol. The van der Waals surface area contributed by atoms with Crippen molar-refractivity contribution in [2.45, 2.75) is 78.3 Å². The van der Waals surface area contributed by atoms with E-state index in [0.29, 0.717) is 6.04 Å². The van der Waals surface area contributed by atoms with Crippen LogP contribution in [0.3, 0.4) is 0 Å². The Morgan fingerprint density at radius 3 is 2.25 bits per heavy atom. The lowest BCUT2D eigenvalue weighted by Gasteiger charge is -2.40. The quantitative estimate of drug-likeness (QED) is 0.725. The summed E-state index contributed by atoms with van der Waals surface area (Å²) < 4.78 is 0. The molecule has 0 spiro atoms. The third kappa shape index (κ3) is 4.73. The summed E-state index contributed by atoms with van der Waals surface area (Å²) in [5.74, 6) is 2.86. The summed E-state index contributed by atoms with van der Waals surface area (Å²) >= 11 is 0. The lowest BCUT2D eigenvalue weighted by atomic mass is 9.76. The fourth-order valence-corrected chi connectivity index (χ4v) is 3.89. The predicted octanol–water partition coefficient (Wildman–Crippen LogP) is 3.91. The third-order valence-electron chi connectivity index (χ3n) is 5.52. The van der Waals surface area contributed by atoms with Crippen molar-refractivity contribution in [3.05, 3.63) is 0 Å². The zero-order valence-electron chi connectivity index (χ0n) is 14.2. The molecule has 2 heteroatoms. The van der Waals surface area contributed by atoms with Gasteiger partial charge in [0.15, 0.2) is 0 Å². The molecule has 2 nitrogen and oxygen atoms in total. The normalized spacial score (nSPS) is 31.2. The van der Waals surface area contributed by atoms with E-state index in [-0.39, 0.29) is 0 Å². The van der Waals surface area contributed by atoms with Gasteiger partial charge in [-0.15, -0.1) is 0 Å². The summed E-state index contributed by atoms with van der Waals surface area (Å²) in [5.41, 5.74) is 0. The molecule has 2 rings (SSSR count). The molecule has 1 N–H and O–H groups in total. The largest absolute Gasteiger partial charge is 0.314 e. The van der Waals surface area contributed by atoms with E-state index >= 15 is 0 Å². The molecule has 118 valence electrons. The SMILES string of the molecule is CCNC1CCC(CC)CC1CN(CC1CC1)C(C)C. The van der Waals surface area contributed by atoms with Gasteiger partial charge in [-0.3, -0.25) is 0 Å². The molecular weight excluding hydrogens is 244 g/mol. The number of hydrogen-bond donors (Lipinski definition) is 1. The molecule has 0 aromatic carbocycles. The van der Waals surface area contributed by atoms with Crippen LogP contribution in [0.15, 0.2) is 0 Å². The first kappa shape index (κ1) is 16.3. The number of nitrogens with zero attached hydrogens (tertiary/aromatic N) is 1. The smallest absolute Gasteiger partial charge is 0.0108 e. The maximum absolute atomic E-state index is 3.77. The van der Waals surface area contributed by atoms with Crippen molar-refractivity contribution in [1.82, 2.24) is 10.2 Å². The summed E-state index contributed by atoms with van der Waals surface area (Å²) in [7, 11) is 0. The Morgan fingerprint density at radius 2 is 1.70 bits per heavy atom. The Morgan fingerprint density at radius 1 is 1.00 bits per heavy atom. The molecule has 2 saturated carbocycles. The molecule has 3 atom stereocenters. The van der Waals surface area contributed by atoms with Crippen molar-refractivity contribution in [3.63, 3.8) is 0 Å². The van der Waals surface area contributed by atoms with Gasteiger partial charge in [0.05, 0.1) is 0 Å². The van der Waals surface area contributed by atoms with E-state index in [1.54, 1.807) is 0 Å². The summed E-state index contributed by atoms with van der Waals surface area (Å²) in [6.45, 7) is 13.2. The van der Waals surface area contributed by atoms with Gasteiger partial charge in [-0.05, 0) is 70.3 Å². The van der Waals surface area contributed by atoms with E-state index in [1.165, 1.54) is 51.6 Å².